The lowest BCUT2D eigenvalue weighted by Crippen LogP contribution is -2.15. The van der Waals surface area contributed by atoms with Gasteiger partial charge in [0.05, 0.1) is 11.9 Å². The van der Waals surface area contributed by atoms with Crippen molar-refractivity contribution in [3.05, 3.63) is 23.9 Å². The average molecular weight is 261 g/mol. The Morgan fingerprint density at radius 3 is 2.68 bits per heavy atom. The lowest BCUT2D eigenvalue weighted by molar-refractivity contribution is -0.137. The summed E-state index contributed by atoms with van der Waals surface area (Å²) in [7, 11) is 0. The summed E-state index contributed by atoms with van der Waals surface area (Å²) in [6, 6.07) is 3.90. The Kier molecular flexibility index (Phi) is 2.81. The zero-order valence-electron chi connectivity index (χ0n) is 10.7. The van der Waals surface area contributed by atoms with E-state index in [2.05, 4.69) is 0 Å². The molecule has 0 atom stereocenters. The second kappa shape index (κ2) is 4.50. The van der Waals surface area contributed by atoms with Crippen LogP contribution in [0.15, 0.2) is 18.3 Å². The Hall–Kier alpha value is -2.17. The summed E-state index contributed by atoms with van der Waals surface area (Å²) in [6.45, 7) is 3.58. The highest BCUT2D eigenvalue weighted by Crippen LogP contribution is 2.36. The minimum atomic E-state index is -0.794. The maximum atomic E-state index is 10.7. The number of hydrogen-bond donors (Lipinski definition) is 1. The third-order valence-electron chi connectivity index (χ3n) is 3.31. The minimum absolute atomic E-state index is 0.109. The second-order valence-corrected chi connectivity index (χ2v) is 4.66. The molecule has 1 aromatic carbocycles. The van der Waals surface area contributed by atoms with E-state index >= 15 is 0 Å². The summed E-state index contributed by atoms with van der Waals surface area (Å²) in [6.07, 6.45) is 2.08. The first-order valence-electron chi connectivity index (χ1n) is 6.26. The molecule has 2 heterocycles. The van der Waals surface area contributed by atoms with Gasteiger partial charge in [-0.1, -0.05) is 0 Å². The number of carboxylic acid groups (broad SMARTS) is 1. The molecule has 2 aromatic rings. The molecule has 1 aliphatic heterocycles. The van der Waals surface area contributed by atoms with Crippen LogP contribution >= 0.6 is 0 Å². The molecular formula is C14H15NO4. The van der Waals surface area contributed by atoms with E-state index < -0.39 is 5.97 Å². The second-order valence-electron chi connectivity index (χ2n) is 4.66. The standard InChI is InChI=1S/C14H15NO4/c1-9-8-15(3-2-14(16)17)11-7-13-12(6-10(9)11)18-4-5-19-13/h6-8H,2-5H2,1H3,(H,16,17). The maximum absolute atomic E-state index is 10.7. The van der Waals surface area contributed by atoms with Gasteiger partial charge < -0.3 is 19.1 Å². The third kappa shape index (κ3) is 2.12. The summed E-state index contributed by atoms with van der Waals surface area (Å²) >= 11 is 0. The van der Waals surface area contributed by atoms with E-state index in [1.807, 2.05) is 29.8 Å². The van der Waals surface area contributed by atoms with Gasteiger partial charge in [-0.05, 0) is 18.6 Å². The molecule has 0 radical (unpaired) electrons. The Balaban J connectivity index is 2.06. The van der Waals surface area contributed by atoms with Crippen molar-refractivity contribution < 1.29 is 19.4 Å². The fourth-order valence-corrected chi connectivity index (χ4v) is 2.41. The van der Waals surface area contributed by atoms with Crippen molar-refractivity contribution in [2.75, 3.05) is 13.2 Å². The highest BCUT2D eigenvalue weighted by molar-refractivity contribution is 5.87. The summed E-state index contributed by atoms with van der Waals surface area (Å²) in [4.78, 5) is 10.7. The number of aryl methyl sites for hydroxylation is 2. The molecule has 3 rings (SSSR count). The topological polar surface area (TPSA) is 60.7 Å². The minimum Gasteiger partial charge on any atom is -0.486 e. The first-order chi connectivity index (χ1) is 9.15. The van der Waals surface area contributed by atoms with Crippen LogP contribution in [0.5, 0.6) is 11.5 Å². The Bertz CT molecular complexity index is 644. The van der Waals surface area contributed by atoms with Gasteiger partial charge in [-0.3, -0.25) is 4.79 Å². The number of carboxylic acids is 1. The molecule has 0 spiro atoms. The van der Waals surface area contributed by atoms with Crippen LogP contribution in [0.2, 0.25) is 0 Å². The number of ether oxygens (including phenoxy) is 2. The highest BCUT2D eigenvalue weighted by atomic mass is 16.6. The molecule has 100 valence electrons. The number of aliphatic carboxylic acids is 1. The predicted octanol–water partition coefficient (Wildman–Crippen LogP) is 2.20. The van der Waals surface area contributed by atoms with Gasteiger partial charge in [0.25, 0.3) is 0 Å². The van der Waals surface area contributed by atoms with E-state index in [1.165, 1.54) is 0 Å². The Labute approximate surface area is 110 Å². The van der Waals surface area contributed by atoms with Crippen LogP contribution in [0.25, 0.3) is 10.9 Å². The lowest BCUT2D eigenvalue weighted by atomic mass is 10.1. The molecule has 0 saturated heterocycles. The van der Waals surface area contributed by atoms with Gasteiger partial charge in [-0.25, -0.2) is 0 Å². The lowest BCUT2D eigenvalue weighted by Gasteiger charge is -2.18. The van der Waals surface area contributed by atoms with Gasteiger partial charge in [-0.15, -0.1) is 0 Å². The average Bonchev–Trinajstić information content (AvgIpc) is 2.70. The molecular weight excluding hydrogens is 246 g/mol. The predicted molar refractivity (Wildman–Crippen MR) is 69.9 cm³/mol. The molecule has 0 saturated carbocycles. The zero-order chi connectivity index (χ0) is 13.4. The maximum Gasteiger partial charge on any atom is 0.305 e. The normalized spacial score (nSPS) is 13.7. The van der Waals surface area contributed by atoms with Crippen LogP contribution in [0.3, 0.4) is 0 Å². The molecule has 0 unspecified atom stereocenters. The number of rotatable bonds is 3. The molecule has 1 aliphatic rings. The Morgan fingerprint density at radius 1 is 1.32 bits per heavy atom. The van der Waals surface area contributed by atoms with Crippen molar-refractivity contribution in [2.24, 2.45) is 0 Å². The van der Waals surface area contributed by atoms with Crippen molar-refractivity contribution in [3.8, 4) is 11.5 Å². The van der Waals surface area contributed by atoms with Crippen LogP contribution in [0, 0.1) is 6.92 Å². The van der Waals surface area contributed by atoms with Gasteiger partial charge in [0.15, 0.2) is 11.5 Å². The van der Waals surface area contributed by atoms with Crippen molar-refractivity contribution in [1.29, 1.82) is 0 Å². The van der Waals surface area contributed by atoms with Crippen LogP contribution in [-0.4, -0.2) is 28.9 Å². The number of nitrogens with zero attached hydrogens (tertiary/aromatic N) is 1. The summed E-state index contributed by atoms with van der Waals surface area (Å²) < 4.78 is 13.1. The molecule has 1 N–H and O–H groups in total. The quantitative estimate of drug-likeness (QED) is 0.920. The highest BCUT2D eigenvalue weighted by Gasteiger charge is 2.16. The van der Waals surface area contributed by atoms with Gasteiger partial charge in [0, 0.05) is 24.2 Å². The number of benzene rings is 1. The fourth-order valence-electron chi connectivity index (χ4n) is 2.41. The molecule has 5 nitrogen and oxygen atoms in total. The first kappa shape index (κ1) is 11.9. The number of aromatic nitrogens is 1. The van der Waals surface area contributed by atoms with Crippen LogP contribution < -0.4 is 9.47 Å². The zero-order valence-corrected chi connectivity index (χ0v) is 10.7. The Morgan fingerprint density at radius 2 is 2.00 bits per heavy atom. The van der Waals surface area contributed by atoms with Crippen molar-refractivity contribution in [1.82, 2.24) is 4.57 Å². The first-order valence-corrected chi connectivity index (χ1v) is 6.26. The van der Waals surface area contributed by atoms with Crippen LogP contribution in [-0.2, 0) is 11.3 Å². The van der Waals surface area contributed by atoms with E-state index in [4.69, 9.17) is 14.6 Å². The SMILES string of the molecule is Cc1cn(CCC(=O)O)c2cc3c(cc12)OCCO3. The number of hydrogen-bond acceptors (Lipinski definition) is 3. The third-order valence-corrected chi connectivity index (χ3v) is 3.31. The van der Waals surface area contributed by atoms with E-state index in [0.717, 1.165) is 28.0 Å². The van der Waals surface area contributed by atoms with Crippen molar-refractivity contribution in [2.45, 2.75) is 19.9 Å². The van der Waals surface area contributed by atoms with Gasteiger partial charge >= 0.3 is 5.97 Å². The van der Waals surface area contributed by atoms with Gasteiger partial charge in [-0.2, -0.15) is 0 Å². The monoisotopic (exact) mass is 261 g/mol. The molecule has 1 aromatic heterocycles. The van der Waals surface area contributed by atoms with Crippen molar-refractivity contribution in [3.63, 3.8) is 0 Å². The number of fused-ring (bicyclic) bond motifs is 2. The molecule has 19 heavy (non-hydrogen) atoms. The summed E-state index contributed by atoms with van der Waals surface area (Å²) in [5.41, 5.74) is 2.10. The molecule has 0 aliphatic carbocycles. The molecule has 0 bridgehead atoms. The van der Waals surface area contributed by atoms with E-state index in [9.17, 15) is 4.79 Å². The van der Waals surface area contributed by atoms with Gasteiger partial charge in [0.2, 0.25) is 0 Å². The van der Waals surface area contributed by atoms with E-state index in [-0.39, 0.29) is 6.42 Å². The van der Waals surface area contributed by atoms with Gasteiger partial charge in [0.1, 0.15) is 13.2 Å². The van der Waals surface area contributed by atoms with Crippen molar-refractivity contribution >= 4 is 16.9 Å². The van der Waals surface area contributed by atoms with Crippen LogP contribution in [0.4, 0.5) is 0 Å². The number of carbonyl (C=O) groups is 1. The summed E-state index contributed by atoms with van der Waals surface area (Å²) in [5.74, 6) is 0.698. The molecule has 5 heteroatoms. The smallest absolute Gasteiger partial charge is 0.305 e. The molecule has 0 amide bonds. The molecule has 0 fully saturated rings. The van der Waals surface area contributed by atoms with E-state index in [1.54, 1.807) is 0 Å². The van der Waals surface area contributed by atoms with Crippen LogP contribution in [0.1, 0.15) is 12.0 Å². The largest absolute Gasteiger partial charge is 0.486 e. The van der Waals surface area contributed by atoms with E-state index in [0.29, 0.717) is 19.8 Å². The fraction of sp³-hybridized carbons (Fsp3) is 0.357. The summed E-state index contributed by atoms with van der Waals surface area (Å²) in [5, 5.41) is 9.87.